The summed E-state index contributed by atoms with van der Waals surface area (Å²) in [4.78, 5) is 12.2. The molecule has 0 unspecified atom stereocenters. The van der Waals surface area contributed by atoms with Crippen molar-refractivity contribution in [3.63, 3.8) is 0 Å². The van der Waals surface area contributed by atoms with Gasteiger partial charge in [0, 0.05) is 5.56 Å². The second kappa shape index (κ2) is 8.83. The van der Waals surface area contributed by atoms with E-state index in [9.17, 15) is 13.6 Å². The Bertz CT molecular complexity index is 980. The number of para-hydroxylation sites is 1. The van der Waals surface area contributed by atoms with E-state index in [1.165, 1.54) is 31.4 Å². The van der Waals surface area contributed by atoms with Crippen LogP contribution in [0, 0.1) is 11.6 Å². The summed E-state index contributed by atoms with van der Waals surface area (Å²) < 4.78 is 43.1. The van der Waals surface area contributed by atoms with Gasteiger partial charge in [0.1, 0.15) is 0 Å². The first kappa shape index (κ1) is 19.8. The number of carbonyl (C=O) groups excluding carboxylic acids is 1. The van der Waals surface area contributed by atoms with Crippen molar-refractivity contribution in [1.82, 2.24) is 10.2 Å². The van der Waals surface area contributed by atoms with E-state index in [0.29, 0.717) is 0 Å². The fraction of sp³-hybridized carbons (Fsp3) is 0.211. The van der Waals surface area contributed by atoms with E-state index in [1.807, 2.05) is 0 Å². The Labute approximate surface area is 163 Å². The first-order valence-corrected chi connectivity index (χ1v) is 9.20. The van der Waals surface area contributed by atoms with Crippen LogP contribution in [-0.2, 0) is 0 Å². The topological polar surface area (TPSA) is 74.5 Å². The largest absolute Gasteiger partial charge is 0.494 e. The van der Waals surface area contributed by atoms with Crippen molar-refractivity contribution in [3.8, 4) is 11.5 Å². The minimum absolute atomic E-state index is 0.0179. The number of halogens is 2. The molecule has 0 radical (unpaired) electrons. The number of nitrogens with zero attached hydrogens (tertiary/aromatic N) is 2. The van der Waals surface area contributed by atoms with Crippen LogP contribution < -0.4 is 9.47 Å². The number of Topliss-reactive ketones (excluding diaryl/α,β-unsaturated/α-hetero) is 1. The van der Waals surface area contributed by atoms with E-state index in [4.69, 9.17) is 13.9 Å². The molecule has 146 valence electrons. The van der Waals surface area contributed by atoms with Gasteiger partial charge in [-0.25, -0.2) is 8.78 Å². The average molecular weight is 406 g/mol. The van der Waals surface area contributed by atoms with Crippen LogP contribution in [0.5, 0.6) is 11.5 Å². The molecule has 1 aromatic heterocycles. The number of methoxy groups -OCH3 is 1. The first-order valence-electron chi connectivity index (χ1n) is 8.22. The van der Waals surface area contributed by atoms with E-state index in [2.05, 4.69) is 10.2 Å². The predicted octanol–water partition coefficient (Wildman–Crippen LogP) is 4.47. The molecule has 0 spiro atoms. The Balaban J connectivity index is 1.59. The summed E-state index contributed by atoms with van der Waals surface area (Å²) in [5.74, 6) is -1.15. The number of carbonyl (C=O) groups is 1. The van der Waals surface area contributed by atoms with E-state index in [1.54, 1.807) is 19.1 Å². The van der Waals surface area contributed by atoms with Crippen LogP contribution in [0.4, 0.5) is 8.78 Å². The summed E-state index contributed by atoms with van der Waals surface area (Å²) in [7, 11) is 1.35. The number of rotatable bonds is 8. The minimum Gasteiger partial charge on any atom is -0.494 e. The predicted molar refractivity (Wildman–Crippen MR) is 97.7 cm³/mol. The highest BCUT2D eigenvalue weighted by Gasteiger charge is 2.18. The Morgan fingerprint density at radius 3 is 2.64 bits per heavy atom. The van der Waals surface area contributed by atoms with Crippen LogP contribution in [0.15, 0.2) is 52.1 Å². The van der Waals surface area contributed by atoms with Crippen molar-refractivity contribution < 1.29 is 27.5 Å². The van der Waals surface area contributed by atoms with E-state index in [0.717, 1.165) is 17.8 Å². The lowest BCUT2D eigenvalue weighted by Gasteiger charge is -2.11. The molecule has 28 heavy (non-hydrogen) atoms. The number of aromatic nitrogens is 2. The van der Waals surface area contributed by atoms with Crippen molar-refractivity contribution in [2.75, 3.05) is 12.9 Å². The molecule has 0 amide bonds. The zero-order valence-corrected chi connectivity index (χ0v) is 15.8. The van der Waals surface area contributed by atoms with Crippen LogP contribution in [-0.4, -0.2) is 28.8 Å². The molecule has 0 saturated heterocycles. The second-order valence-corrected chi connectivity index (χ2v) is 6.58. The van der Waals surface area contributed by atoms with Gasteiger partial charge in [-0.1, -0.05) is 23.9 Å². The van der Waals surface area contributed by atoms with Gasteiger partial charge in [0.25, 0.3) is 11.1 Å². The first-order chi connectivity index (χ1) is 13.5. The average Bonchev–Trinajstić information content (AvgIpc) is 3.17. The Kier molecular flexibility index (Phi) is 6.25. The van der Waals surface area contributed by atoms with Crippen LogP contribution in [0.25, 0.3) is 0 Å². The summed E-state index contributed by atoms with van der Waals surface area (Å²) >= 11 is 1.01. The quantitative estimate of drug-likeness (QED) is 0.404. The minimum atomic E-state index is -0.676. The third-order valence-electron chi connectivity index (χ3n) is 3.71. The molecule has 1 heterocycles. The van der Waals surface area contributed by atoms with Gasteiger partial charge in [0.15, 0.2) is 35.0 Å². The smallest absolute Gasteiger partial charge is 0.277 e. The molecule has 3 aromatic rings. The normalized spacial score (nSPS) is 11.9. The molecule has 1 atom stereocenters. The van der Waals surface area contributed by atoms with Gasteiger partial charge in [0.2, 0.25) is 0 Å². The molecule has 0 saturated carbocycles. The Morgan fingerprint density at radius 2 is 1.93 bits per heavy atom. The van der Waals surface area contributed by atoms with Crippen molar-refractivity contribution in [3.05, 3.63) is 65.6 Å². The third kappa shape index (κ3) is 4.66. The zero-order chi connectivity index (χ0) is 20.1. The maximum absolute atomic E-state index is 13.7. The molecule has 9 heteroatoms. The lowest BCUT2D eigenvalue weighted by atomic mass is 10.1. The lowest BCUT2D eigenvalue weighted by molar-refractivity contribution is 0.102. The van der Waals surface area contributed by atoms with E-state index in [-0.39, 0.29) is 39.7 Å². The van der Waals surface area contributed by atoms with Gasteiger partial charge >= 0.3 is 0 Å². The van der Waals surface area contributed by atoms with E-state index >= 15 is 0 Å². The molecule has 0 aliphatic rings. The van der Waals surface area contributed by atoms with Gasteiger partial charge in [-0.3, -0.25) is 4.79 Å². The summed E-state index contributed by atoms with van der Waals surface area (Å²) in [5.41, 5.74) is 0.210. The molecule has 0 fully saturated rings. The molecular weight excluding hydrogens is 390 g/mol. The van der Waals surface area contributed by atoms with Crippen LogP contribution in [0.1, 0.15) is 29.3 Å². The van der Waals surface area contributed by atoms with Gasteiger partial charge in [-0.15, -0.1) is 10.2 Å². The molecule has 0 bridgehead atoms. The molecule has 2 aromatic carbocycles. The van der Waals surface area contributed by atoms with Crippen molar-refractivity contribution in [1.29, 1.82) is 0 Å². The molecule has 0 aliphatic heterocycles. The standard InChI is InChI=1S/C19H16F2N2O4S/c1-11(26-17-6-4-3-5-13(17)20)18-22-23-19(27-18)28-10-15(24)12-7-8-16(25-2)14(21)9-12/h3-9,11H,10H2,1-2H3/t11-/m1/s1. The monoisotopic (exact) mass is 406 g/mol. The Morgan fingerprint density at radius 1 is 1.14 bits per heavy atom. The highest BCUT2D eigenvalue weighted by molar-refractivity contribution is 7.99. The molecule has 3 rings (SSSR count). The molecule has 0 aliphatic carbocycles. The highest BCUT2D eigenvalue weighted by Crippen LogP contribution is 2.26. The molecule has 6 nitrogen and oxygen atoms in total. The van der Waals surface area contributed by atoms with Gasteiger partial charge in [-0.05, 0) is 37.3 Å². The van der Waals surface area contributed by atoms with Crippen LogP contribution >= 0.6 is 11.8 Å². The number of hydrogen-bond donors (Lipinski definition) is 0. The summed E-state index contributed by atoms with van der Waals surface area (Å²) in [6.07, 6.45) is -0.676. The molecule has 0 N–H and O–H groups in total. The van der Waals surface area contributed by atoms with Crippen molar-refractivity contribution in [2.45, 2.75) is 18.3 Å². The van der Waals surface area contributed by atoms with Crippen LogP contribution in [0.3, 0.4) is 0 Å². The summed E-state index contributed by atoms with van der Waals surface area (Å²) in [5, 5.41) is 7.85. The lowest BCUT2D eigenvalue weighted by Crippen LogP contribution is -2.04. The maximum Gasteiger partial charge on any atom is 0.277 e. The van der Waals surface area contributed by atoms with Crippen molar-refractivity contribution >= 4 is 17.5 Å². The SMILES string of the molecule is COc1ccc(C(=O)CSc2nnc([C@@H](C)Oc3ccccc3F)o2)cc1F. The molecular formula is C19H16F2N2O4S. The van der Waals surface area contributed by atoms with Gasteiger partial charge < -0.3 is 13.9 Å². The maximum atomic E-state index is 13.7. The third-order valence-corrected chi connectivity index (χ3v) is 4.53. The number of ether oxygens (including phenoxy) is 2. The summed E-state index contributed by atoms with van der Waals surface area (Å²) in [6, 6.07) is 9.96. The fourth-order valence-electron chi connectivity index (χ4n) is 2.27. The van der Waals surface area contributed by atoms with Gasteiger partial charge in [-0.2, -0.15) is 0 Å². The number of hydrogen-bond acceptors (Lipinski definition) is 7. The second-order valence-electron chi connectivity index (χ2n) is 5.66. The summed E-state index contributed by atoms with van der Waals surface area (Å²) in [6.45, 7) is 1.64. The number of ketones is 1. The highest BCUT2D eigenvalue weighted by atomic mass is 32.2. The van der Waals surface area contributed by atoms with Gasteiger partial charge in [0.05, 0.1) is 12.9 Å². The number of thioether (sulfide) groups is 1. The van der Waals surface area contributed by atoms with Crippen LogP contribution in [0.2, 0.25) is 0 Å². The van der Waals surface area contributed by atoms with E-state index < -0.39 is 17.7 Å². The van der Waals surface area contributed by atoms with Crippen molar-refractivity contribution in [2.24, 2.45) is 0 Å². The zero-order valence-electron chi connectivity index (χ0n) is 15.0. The Hall–Kier alpha value is -2.94. The fourth-order valence-corrected chi connectivity index (χ4v) is 2.94. The number of benzene rings is 2.